The predicted molar refractivity (Wildman–Crippen MR) is 116 cm³/mol. The normalized spacial score (nSPS) is 11.4. The number of benzene rings is 2. The molecule has 2 aromatic rings. The molecule has 0 fully saturated rings. The molecule has 0 heterocycles. The molecule has 142 valence electrons. The molecule has 0 aliphatic rings. The highest BCUT2D eigenvalue weighted by molar-refractivity contribution is 5.49. The Kier molecular flexibility index (Phi) is 8.03. The Morgan fingerprint density at radius 2 is 1.08 bits per heavy atom. The first-order chi connectivity index (χ1) is 12.5. The molecule has 0 aliphatic carbocycles. The summed E-state index contributed by atoms with van der Waals surface area (Å²) in [4.78, 5) is 0. The summed E-state index contributed by atoms with van der Waals surface area (Å²) in [6.07, 6.45) is 5.05. The molecule has 2 N–H and O–H groups in total. The van der Waals surface area contributed by atoms with E-state index in [0.29, 0.717) is 18.0 Å². The van der Waals surface area contributed by atoms with Gasteiger partial charge in [-0.25, -0.2) is 0 Å². The van der Waals surface area contributed by atoms with E-state index in [-0.39, 0.29) is 0 Å². The SMILES string of the molecule is CCCCCC(c1ccc(NC(C)C)cc1)c1ccc(NC(C)C)cc1. The van der Waals surface area contributed by atoms with Gasteiger partial charge in [0, 0.05) is 29.4 Å². The Morgan fingerprint density at radius 3 is 1.42 bits per heavy atom. The van der Waals surface area contributed by atoms with E-state index < -0.39 is 0 Å². The standard InChI is InChI=1S/C24H36N2/c1-6-7-8-9-24(20-10-14-22(15-11-20)25-18(2)3)21-12-16-23(17-13-21)26-19(4)5/h10-19,24-26H,6-9H2,1-5H3. The number of unbranched alkanes of at least 4 members (excludes halogenated alkanes) is 2. The van der Waals surface area contributed by atoms with E-state index in [1.54, 1.807) is 0 Å². The van der Waals surface area contributed by atoms with Crippen molar-refractivity contribution in [1.82, 2.24) is 0 Å². The summed E-state index contributed by atoms with van der Waals surface area (Å²) < 4.78 is 0. The van der Waals surface area contributed by atoms with Crippen LogP contribution in [0.25, 0.3) is 0 Å². The first kappa shape index (κ1) is 20.4. The molecule has 0 aromatic heterocycles. The molecular formula is C24H36N2. The van der Waals surface area contributed by atoms with E-state index in [2.05, 4.69) is 93.8 Å². The van der Waals surface area contributed by atoms with Crippen LogP contribution in [0.4, 0.5) is 11.4 Å². The summed E-state index contributed by atoms with van der Waals surface area (Å²) in [5.41, 5.74) is 5.24. The Morgan fingerprint density at radius 1 is 0.654 bits per heavy atom. The van der Waals surface area contributed by atoms with E-state index in [1.807, 2.05) is 0 Å². The maximum absolute atomic E-state index is 3.48. The Labute approximate surface area is 160 Å². The van der Waals surface area contributed by atoms with Crippen molar-refractivity contribution in [1.29, 1.82) is 0 Å². The molecule has 26 heavy (non-hydrogen) atoms. The van der Waals surface area contributed by atoms with Crippen LogP contribution < -0.4 is 10.6 Å². The number of nitrogens with one attached hydrogen (secondary N) is 2. The summed E-state index contributed by atoms with van der Waals surface area (Å²) in [6.45, 7) is 11.0. The van der Waals surface area contributed by atoms with Gasteiger partial charge in [-0.1, -0.05) is 50.5 Å². The molecule has 0 aliphatic heterocycles. The second kappa shape index (κ2) is 10.3. The minimum Gasteiger partial charge on any atom is -0.383 e. The van der Waals surface area contributed by atoms with Gasteiger partial charge in [-0.2, -0.15) is 0 Å². The van der Waals surface area contributed by atoms with Crippen LogP contribution in [0, 0.1) is 0 Å². The van der Waals surface area contributed by atoms with E-state index in [0.717, 1.165) is 0 Å². The van der Waals surface area contributed by atoms with Crippen molar-refractivity contribution < 1.29 is 0 Å². The van der Waals surface area contributed by atoms with E-state index >= 15 is 0 Å². The van der Waals surface area contributed by atoms with Crippen molar-refractivity contribution >= 4 is 11.4 Å². The lowest BCUT2D eigenvalue weighted by Gasteiger charge is -2.20. The fourth-order valence-electron chi connectivity index (χ4n) is 3.41. The molecule has 0 saturated carbocycles. The van der Waals surface area contributed by atoms with Crippen molar-refractivity contribution in [3.05, 3.63) is 59.7 Å². The van der Waals surface area contributed by atoms with Crippen LogP contribution in [0.3, 0.4) is 0 Å². The van der Waals surface area contributed by atoms with Gasteiger partial charge >= 0.3 is 0 Å². The number of rotatable bonds is 10. The Bertz CT molecular complexity index is 573. The van der Waals surface area contributed by atoms with E-state index in [9.17, 15) is 0 Å². The smallest absolute Gasteiger partial charge is 0.0342 e. The third-order valence-electron chi connectivity index (χ3n) is 4.63. The molecule has 2 rings (SSSR count). The Hall–Kier alpha value is -1.96. The molecule has 0 radical (unpaired) electrons. The van der Waals surface area contributed by atoms with Crippen molar-refractivity contribution in [2.45, 2.75) is 78.3 Å². The third-order valence-corrected chi connectivity index (χ3v) is 4.63. The second-order valence-electron chi connectivity index (χ2n) is 7.89. The van der Waals surface area contributed by atoms with Crippen molar-refractivity contribution in [3.63, 3.8) is 0 Å². The zero-order valence-corrected chi connectivity index (χ0v) is 17.2. The van der Waals surface area contributed by atoms with E-state index in [4.69, 9.17) is 0 Å². The average Bonchev–Trinajstić information content (AvgIpc) is 2.60. The number of hydrogen-bond acceptors (Lipinski definition) is 2. The highest BCUT2D eigenvalue weighted by Gasteiger charge is 2.14. The molecule has 0 spiro atoms. The number of hydrogen-bond donors (Lipinski definition) is 2. The Balaban J connectivity index is 2.19. The van der Waals surface area contributed by atoms with Crippen LogP contribution in [-0.2, 0) is 0 Å². The van der Waals surface area contributed by atoms with Gasteiger partial charge in [0.25, 0.3) is 0 Å². The molecule has 0 bridgehead atoms. The topological polar surface area (TPSA) is 24.1 Å². The first-order valence-corrected chi connectivity index (χ1v) is 10.2. The van der Waals surface area contributed by atoms with E-state index in [1.165, 1.54) is 48.2 Å². The minimum absolute atomic E-state index is 0.460. The lowest BCUT2D eigenvalue weighted by atomic mass is 9.86. The van der Waals surface area contributed by atoms with Gasteiger partial charge in [-0.15, -0.1) is 0 Å². The zero-order chi connectivity index (χ0) is 18.9. The van der Waals surface area contributed by atoms with Gasteiger partial charge in [0.1, 0.15) is 0 Å². The monoisotopic (exact) mass is 352 g/mol. The van der Waals surface area contributed by atoms with Gasteiger partial charge in [0.05, 0.1) is 0 Å². The minimum atomic E-state index is 0.460. The van der Waals surface area contributed by atoms with Crippen LogP contribution in [0.1, 0.15) is 77.3 Å². The lowest BCUT2D eigenvalue weighted by Crippen LogP contribution is -2.10. The average molecular weight is 353 g/mol. The van der Waals surface area contributed by atoms with Crippen molar-refractivity contribution in [3.8, 4) is 0 Å². The van der Waals surface area contributed by atoms with Gasteiger partial charge in [-0.3, -0.25) is 0 Å². The largest absolute Gasteiger partial charge is 0.383 e. The highest BCUT2D eigenvalue weighted by Crippen LogP contribution is 2.31. The summed E-state index contributed by atoms with van der Waals surface area (Å²) >= 11 is 0. The van der Waals surface area contributed by atoms with Gasteiger partial charge < -0.3 is 10.6 Å². The van der Waals surface area contributed by atoms with Crippen LogP contribution in [-0.4, -0.2) is 12.1 Å². The van der Waals surface area contributed by atoms with Gasteiger partial charge in [0.2, 0.25) is 0 Å². The fourth-order valence-corrected chi connectivity index (χ4v) is 3.41. The summed E-state index contributed by atoms with van der Waals surface area (Å²) in [5, 5.41) is 6.96. The molecular weight excluding hydrogens is 316 g/mol. The van der Waals surface area contributed by atoms with Crippen molar-refractivity contribution in [2.75, 3.05) is 10.6 Å². The summed E-state index contributed by atoms with van der Waals surface area (Å²) in [5.74, 6) is 0.475. The van der Waals surface area contributed by atoms with Gasteiger partial charge in [-0.05, 0) is 69.5 Å². The maximum Gasteiger partial charge on any atom is 0.0342 e. The van der Waals surface area contributed by atoms with Gasteiger partial charge in [0.15, 0.2) is 0 Å². The molecule has 0 saturated heterocycles. The summed E-state index contributed by atoms with van der Waals surface area (Å²) in [7, 11) is 0. The molecule has 0 unspecified atom stereocenters. The molecule has 2 aromatic carbocycles. The molecule has 2 heteroatoms. The molecule has 2 nitrogen and oxygen atoms in total. The molecule has 0 atom stereocenters. The van der Waals surface area contributed by atoms with Crippen molar-refractivity contribution in [2.24, 2.45) is 0 Å². The van der Waals surface area contributed by atoms with Crippen LogP contribution in [0.15, 0.2) is 48.5 Å². The fraction of sp³-hybridized carbons (Fsp3) is 0.500. The highest BCUT2D eigenvalue weighted by atomic mass is 14.9. The summed E-state index contributed by atoms with van der Waals surface area (Å²) in [6, 6.07) is 19.0. The first-order valence-electron chi connectivity index (χ1n) is 10.2. The predicted octanol–water partition coefficient (Wildman–Crippen LogP) is 7.04. The van der Waals surface area contributed by atoms with Crippen LogP contribution in [0.5, 0.6) is 0 Å². The second-order valence-corrected chi connectivity index (χ2v) is 7.89. The van der Waals surface area contributed by atoms with Crippen LogP contribution in [0.2, 0.25) is 0 Å². The van der Waals surface area contributed by atoms with Crippen LogP contribution >= 0.6 is 0 Å². The maximum atomic E-state index is 3.48. The zero-order valence-electron chi connectivity index (χ0n) is 17.2. The molecule has 0 amide bonds. The number of anilines is 2. The lowest BCUT2D eigenvalue weighted by molar-refractivity contribution is 0.618. The third kappa shape index (κ3) is 6.40. The quantitative estimate of drug-likeness (QED) is 0.448.